The summed E-state index contributed by atoms with van der Waals surface area (Å²) < 4.78 is 25.0. The zero-order valence-electron chi connectivity index (χ0n) is 19.6. The summed E-state index contributed by atoms with van der Waals surface area (Å²) in [4.78, 5) is 11.4. The van der Waals surface area contributed by atoms with Crippen LogP contribution in [0.5, 0.6) is 0 Å². The number of primary amides is 1. The summed E-state index contributed by atoms with van der Waals surface area (Å²) in [5, 5.41) is 2.65. The number of rotatable bonds is 12. The van der Waals surface area contributed by atoms with Crippen molar-refractivity contribution in [3.8, 4) is 0 Å². The van der Waals surface area contributed by atoms with Crippen LogP contribution in [0.15, 0.2) is 91.0 Å². The first-order valence-electron chi connectivity index (χ1n) is 11.8. The molecule has 3 aromatic carbocycles. The molecule has 4 atom stereocenters. The highest BCUT2D eigenvalue weighted by atomic mass is 16.6. The second-order valence-corrected chi connectivity index (χ2v) is 8.48. The largest absolute Gasteiger partial charge is 0.374 e. The lowest BCUT2D eigenvalue weighted by atomic mass is 10.1. The van der Waals surface area contributed by atoms with Crippen LogP contribution in [-0.2, 0) is 38.8 Å². The molecule has 0 saturated carbocycles. The van der Waals surface area contributed by atoms with Crippen LogP contribution in [0.2, 0.25) is 0 Å². The average Bonchev–Trinajstić information content (AvgIpc) is 3.23. The Morgan fingerprint density at radius 3 is 1.66 bits per heavy atom. The fraction of sp³-hybridized carbons (Fsp3) is 0.321. The van der Waals surface area contributed by atoms with Gasteiger partial charge in [-0.2, -0.15) is 0 Å². The van der Waals surface area contributed by atoms with Gasteiger partial charge in [-0.3, -0.25) is 0 Å². The van der Waals surface area contributed by atoms with E-state index in [1.807, 2.05) is 91.0 Å². The number of hydrogen-bond donors (Lipinski definition) is 2. The Morgan fingerprint density at radius 2 is 1.17 bits per heavy atom. The topological polar surface area (TPSA) is 92.0 Å². The molecule has 4 rings (SSSR count). The third-order valence-corrected chi connectivity index (χ3v) is 5.85. The summed E-state index contributed by atoms with van der Waals surface area (Å²) in [5.41, 5.74) is 8.50. The summed E-state index contributed by atoms with van der Waals surface area (Å²) in [6.45, 7) is 1.81. The Bertz CT molecular complexity index is 1020. The third-order valence-electron chi connectivity index (χ3n) is 5.85. The van der Waals surface area contributed by atoms with Gasteiger partial charge in [-0.15, -0.1) is 0 Å². The summed E-state index contributed by atoms with van der Waals surface area (Å²) in [6, 6.07) is 29.3. The van der Waals surface area contributed by atoms with E-state index in [1.165, 1.54) is 0 Å². The molecule has 0 aliphatic carbocycles. The number of ether oxygens (including phenoxy) is 4. The molecular formula is C28H32N2O5. The molecule has 1 saturated heterocycles. The first-order chi connectivity index (χ1) is 17.2. The molecule has 0 bridgehead atoms. The van der Waals surface area contributed by atoms with Crippen LogP contribution in [0.25, 0.3) is 0 Å². The lowest BCUT2D eigenvalue weighted by molar-refractivity contribution is -0.0898. The van der Waals surface area contributed by atoms with E-state index < -0.39 is 24.3 Å². The lowest BCUT2D eigenvalue weighted by Gasteiger charge is -2.25. The standard InChI is InChI=1S/C28H32N2O5/c29-28(31)30-16-24-26(33-18-22-12-6-2-7-13-22)27(34-19-23-14-8-3-9-15-23)25(35-24)20-32-17-21-10-4-1-5-11-21/h1-15,24-27H,16-20H2,(H3,29,30,31)/t24-,25+,26-,27+/m0/s1. The zero-order chi connectivity index (χ0) is 24.3. The van der Waals surface area contributed by atoms with Gasteiger partial charge >= 0.3 is 6.03 Å². The molecule has 7 heteroatoms. The van der Waals surface area contributed by atoms with Crippen molar-refractivity contribution < 1.29 is 23.7 Å². The summed E-state index contributed by atoms with van der Waals surface area (Å²) in [6.07, 6.45) is -1.62. The fourth-order valence-corrected chi connectivity index (χ4v) is 4.11. The van der Waals surface area contributed by atoms with Crippen molar-refractivity contribution in [3.63, 3.8) is 0 Å². The number of amides is 2. The van der Waals surface area contributed by atoms with Gasteiger partial charge in [0.2, 0.25) is 0 Å². The second-order valence-electron chi connectivity index (χ2n) is 8.48. The Kier molecular flexibility index (Phi) is 9.25. The van der Waals surface area contributed by atoms with Gasteiger partial charge in [0.15, 0.2) is 0 Å². The summed E-state index contributed by atoms with van der Waals surface area (Å²) >= 11 is 0. The molecule has 3 aromatic rings. The van der Waals surface area contributed by atoms with Crippen molar-refractivity contribution >= 4 is 6.03 Å². The molecule has 2 amide bonds. The van der Waals surface area contributed by atoms with Crippen LogP contribution in [0.3, 0.4) is 0 Å². The van der Waals surface area contributed by atoms with Crippen molar-refractivity contribution in [1.82, 2.24) is 5.32 Å². The normalized spacial score (nSPS) is 21.6. The number of hydrogen-bond acceptors (Lipinski definition) is 5. The molecule has 0 aromatic heterocycles. The number of urea groups is 1. The van der Waals surface area contributed by atoms with Crippen LogP contribution >= 0.6 is 0 Å². The van der Waals surface area contributed by atoms with Gasteiger partial charge in [0.1, 0.15) is 24.4 Å². The second kappa shape index (κ2) is 13.0. The molecule has 3 N–H and O–H groups in total. The van der Waals surface area contributed by atoms with Crippen molar-refractivity contribution in [3.05, 3.63) is 108 Å². The lowest BCUT2D eigenvalue weighted by Crippen LogP contribution is -2.44. The molecule has 35 heavy (non-hydrogen) atoms. The van der Waals surface area contributed by atoms with E-state index >= 15 is 0 Å². The van der Waals surface area contributed by atoms with Gasteiger partial charge in [-0.25, -0.2) is 4.79 Å². The molecule has 1 fully saturated rings. The van der Waals surface area contributed by atoms with Crippen molar-refractivity contribution in [2.75, 3.05) is 13.2 Å². The minimum Gasteiger partial charge on any atom is -0.374 e. The Balaban J connectivity index is 1.47. The van der Waals surface area contributed by atoms with Gasteiger partial charge < -0.3 is 30.0 Å². The van der Waals surface area contributed by atoms with Crippen LogP contribution in [0.4, 0.5) is 4.79 Å². The van der Waals surface area contributed by atoms with Gasteiger partial charge in [-0.05, 0) is 16.7 Å². The van der Waals surface area contributed by atoms with E-state index in [-0.39, 0.29) is 12.6 Å². The van der Waals surface area contributed by atoms with Crippen molar-refractivity contribution in [1.29, 1.82) is 0 Å². The van der Waals surface area contributed by atoms with E-state index in [0.717, 1.165) is 16.7 Å². The minimum absolute atomic E-state index is 0.217. The van der Waals surface area contributed by atoms with E-state index in [0.29, 0.717) is 26.4 Å². The SMILES string of the molecule is NC(=O)NC[C@@H]1O[C@H](COCc2ccccc2)[C@@H](OCc2ccccc2)[C@H]1OCc1ccccc1. The van der Waals surface area contributed by atoms with Crippen LogP contribution < -0.4 is 11.1 Å². The number of nitrogens with two attached hydrogens (primary N) is 1. The predicted molar refractivity (Wildman–Crippen MR) is 132 cm³/mol. The van der Waals surface area contributed by atoms with E-state index in [2.05, 4.69) is 5.32 Å². The maximum atomic E-state index is 11.4. The van der Waals surface area contributed by atoms with E-state index in [4.69, 9.17) is 24.7 Å². The van der Waals surface area contributed by atoms with E-state index in [1.54, 1.807) is 0 Å². The summed E-state index contributed by atoms with van der Waals surface area (Å²) in [7, 11) is 0. The number of nitrogens with one attached hydrogen (secondary N) is 1. The first-order valence-corrected chi connectivity index (χ1v) is 11.8. The van der Waals surface area contributed by atoms with Gasteiger partial charge in [0, 0.05) is 6.54 Å². The number of carbonyl (C=O) groups excluding carboxylic acids is 1. The summed E-state index contributed by atoms with van der Waals surface area (Å²) in [5.74, 6) is 0. The van der Waals surface area contributed by atoms with Gasteiger partial charge in [-0.1, -0.05) is 91.0 Å². The highest BCUT2D eigenvalue weighted by Gasteiger charge is 2.46. The van der Waals surface area contributed by atoms with E-state index in [9.17, 15) is 4.79 Å². The minimum atomic E-state index is -0.610. The molecule has 184 valence electrons. The zero-order valence-corrected chi connectivity index (χ0v) is 19.6. The average molecular weight is 477 g/mol. The van der Waals surface area contributed by atoms with Crippen molar-refractivity contribution in [2.24, 2.45) is 5.73 Å². The van der Waals surface area contributed by atoms with Crippen LogP contribution in [-0.4, -0.2) is 43.6 Å². The highest BCUT2D eigenvalue weighted by molar-refractivity contribution is 5.71. The maximum absolute atomic E-state index is 11.4. The van der Waals surface area contributed by atoms with Gasteiger partial charge in [0.05, 0.1) is 26.4 Å². The first kappa shape index (κ1) is 24.9. The fourth-order valence-electron chi connectivity index (χ4n) is 4.11. The molecule has 1 heterocycles. The van der Waals surface area contributed by atoms with Crippen LogP contribution in [0, 0.1) is 0 Å². The molecule has 7 nitrogen and oxygen atoms in total. The monoisotopic (exact) mass is 476 g/mol. The predicted octanol–water partition coefficient (Wildman–Crippen LogP) is 3.81. The van der Waals surface area contributed by atoms with Crippen LogP contribution in [0.1, 0.15) is 16.7 Å². The smallest absolute Gasteiger partial charge is 0.312 e. The molecule has 1 aliphatic rings. The Morgan fingerprint density at radius 1 is 0.714 bits per heavy atom. The van der Waals surface area contributed by atoms with Gasteiger partial charge in [0.25, 0.3) is 0 Å². The highest BCUT2D eigenvalue weighted by Crippen LogP contribution is 2.29. The Labute approximate surface area is 206 Å². The Hall–Kier alpha value is -3.23. The molecule has 0 radical (unpaired) electrons. The molecular weight excluding hydrogens is 444 g/mol. The molecule has 1 aliphatic heterocycles. The number of benzene rings is 3. The number of carbonyl (C=O) groups is 1. The van der Waals surface area contributed by atoms with Crippen molar-refractivity contribution in [2.45, 2.75) is 44.2 Å². The third kappa shape index (κ3) is 7.63. The quantitative estimate of drug-likeness (QED) is 0.415. The maximum Gasteiger partial charge on any atom is 0.312 e. The molecule has 0 unspecified atom stereocenters. The molecule has 0 spiro atoms.